The molecule has 0 unspecified atom stereocenters. The Balaban J connectivity index is 1.51. The van der Waals surface area contributed by atoms with Gasteiger partial charge in [0, 0.05) is 22.0 Å². The normalized spacial score (nSPS) is 11.6. The Kier molecular flexibility index (Phi) is 3.52. The summed E-state index contributed by atoms with van der Waals surface area (Å²) in [5.41, 5.74) is 5.78. The van der Waals surface area contributed by atoms with Crippen LogP contribution in [0.1, 0.15) is 0 Å². The lowest BCUT2D eigenvalue weighted by atomic mass is 10.2. The Morgan fingerprint density at radius 3 is 2.00 bits per heavy atom. The number of oxazole rings is 1. The molecular formula is C25H15ClN2O. The fraction of sp³-hybridized carbons (Fsp3) is 0. The van der Waals surface area contributed by atoms with Gasteiger partial charge in [0.25, 0.3) is 0 Å². The highest BCUT2D eigenvalue weighted by molar-refractivity contribution is 6.34. The average Bonchev–Trinajstić information content (AvgIpc) is 3.34. The van der Waals surface area contributed by atoms with E-state index in [9.17, 15) is 0 Å². The van der Waals surface area contributed by atoms with Crippen molar-refractivity contribution >= 4 is 44.5 Å². The molecule has 0 aliphatic heterocycles. The Labute approximate surface area is 171 Å². The second kappa shape index (κ2) is 6.23. The molecule has 0 saturated carbocycles. The van der Waals surface area contributed by atoms with Gasteiger partial charge in [-0.2, -0.15) is 0 Å². The van der Waals surface area contributed by atoms with Crippen molar-refractivity contribution in [3.8, 4) is 17.1 Å². The van der Waals surface area contributed by atoms with E-state index in [1.54, 1.807) is 0 Å². The number of nitrogens with zero attached hydrogens (tertiary/aromatic N) is 2. The third kappa shape index (κ3) is 2.48. The fourth-order valence-corrected chi connectivity index (χ4v) is 4.20. The third-order valence-corrected chi connectivity index (χ3v) is 5.62. The van der Waals surface area contributed by atoms with Crippen molar-refractivity contribution in [3.05, 3.63) is 96.0 Å². The van der Waals surface area contributed by atoms with E-state index in [2.05, 4.69) is 70.2 Å². The molecule has 0 atom stereocenters. The van der Waals surface area contributed by atoms with Crippen molar-refractivity contribution < 1.29 is 4.42 Å². The molecule has 0 aliphatic rings. The van der Waals surface area contributed by atoms with Crippen molar-refractivity contribution in [3.63, 3.8) is 0 Å². The minimum atomic E-state index is 0.571. The first kappa shape index (κ1) is 16.4. The lowest BCUT2D eigenvalue weighted by molar-refractivity contribution is 0.620. The zero-order valence-electron chi connectivity index (χ0n) is 15.3. The van der Waals surface area contributed by atoms with E-state index < -0.39 is 0 Å². The van der Waals surface area contributed by atoms with Crippen LogP contribution in [-0.4, -0.2) is 9.55 Å². The van der Waals surface area contributed by atoms with E-state index in [0.29, 0.717) is 16.5 Å². The summed E-state index contributed by atoms with van der Waals surface area (Å²) in [6.45, 7) is 0. The van der Waals surface area contributed by atoms with E-state index in [1.165, 1.54) is 21.8 Å². The first-order valence-electron chi connectivity index (χ1n) is 9.44. The lowest BCUT2D eigenvalue weighted by Crippen LogP contribution is -1.93. The van der Waals surface area contributed by atoms with E-state index in [4.69, 9.17) is 16.0 Å². The summed E-state index contributed by atoms with van der Waals surface area (Å²) in [7, 11) is 0. The average molecular weight is 395 g/mol. The van der Waals surface area contributed by atoms with Crippen LogP contribution >= 0.6 is 11.6 Å². The Morgan fingerprint density at radius 1 is 0.690 bits per heavy atom. The van der Waals surface area contributed by atoms with Gasteiger partial charge in [0.1, 0.15) is 5.52 Å². The molecule has 4 heteroatoms. The maximum absolute atomic E-state index is 6.22. The molecule has 0 bridgehead atoms. The molecule has 0 aliphatic carbocycles. The molecule has 2 heterocycles. The second-order valence-electron chi connectivity index (χ2n) is 7.02. The van der Waals surface area contributed by atoms with Crippen LogP contribution in [0.4, 0.5) is 0 Å². The lowest BCUT2D eigenvalue weighted by Gasteiger charge is -2.08. The summed E-state index contributed by atoms with van der Waals surface area (Å²) in [6, 6.07) is 30.9. The van der Waals surface area contributed by atoms with Crippen LogP contribution in [0.5, 0.6) is 0 Å². The number of rotatable bonds is 2. The smallest absolute Gasteiger partial charge is 0.227 e. The quantitative estimate of drug-likeness (QED) is 0.310. The summed E-state index contributed by atoms with van der Waals surface area (Å²) in [5.74, 6) is 0.571. The maximum atomic E-state index is 6.22. The van der Waals surface area contributed by atoms with Gasteiger partial charge in [-0.25, -0.2) is 4.98 Å². The predicted molar refractivity (Wildman–Crippen MR) is 119 cm³/mol. The first-order chi connectivity index (χ1) is 14.3. The Hall–Kier alpha value is -3.56. The Bertz CT molecular complexity index is 1460. The van der Waals surface area contributed by atoms with Gasteiger partial charge in [-0.1, -0.05) is 54.1 Å². The van der Waals surface area contributed by atoms with Crippen LogP contribution in [-0.2, 0) is 0 Å². The summed E-state index contributed by atoms with van der Waals surface area (Å²) in [5, 5.41) is 3.07. The highest BCUT2D eigenvalue weighted by Crippen LogP contribution is 2.33. The number of hydrogen-bond donors (Lipinski definition) is 0. The number of hydrogen-bond acceptors (Lipinski definition) is 2. The minimum Gasteiger partial charge on any atom is -0.435 e. The van der Waals surface area contributed by atoms with Gasteiger partial charge in [-0.3, -0.25) is 0 Å². The maximum Gasteiger partial charge on any atom is 0.227 e. The third-order valence-electron chi connectivity index (χ3n) is 5.32. The number of aromatic nitrogens is 2. The van der Waals surface area contributed by atoms with E-state index in [1.807, 2.05) is 30.3 Å². The number of fused-ring (bicyclic) bond motifs is 4. The molecule has 2 aromatic heterocycles. The van der Waals surface area contributed by atoms with Gasteiger partial charge in [-0.05, 0) is 48.5 Å². The molecule has 138 valence electrons. The second-order valence-corrected chi connectivity index (χ2v) is 7.43. The summed E-state index contributed by atoms with van der Waals surface area (Å²) in [4.78, 5) is 4.58. The van der Waals surface area contributed by atoms with Gasteiger partial charge >= 0.3 is 0 Å². The topological polar surface area (TPSA) is 31.0 Å². The molecule has 0 amide bonds. The molecule has 0 saturated heterocycles. The zero-order chi connectivity index (χ0) is 19.4. The monoisotopic (exact) mass is 394 g/mol. The van der Waals surface area contributed by atoms with Crippen LogP contribution in [0.25, 0.3) is 50.0 Å². The van der Waals surface area contributed by atoms with Crippen molar-refractivity contribution in [2.75, 3.05) is 0 Å². The molecule has 0 fully saturated rings. The van der Waals surface area contributed by atoms with Gasteiger partial charge in [0.05, 0.1) is 16.1 Å². The molecule has 0 N–H and O–H groups in total. The largest absolute Gasteiger partial charge is 0.435 e. The van der Waals surface area contributed by atoms with Gasteiger partial charge in [0.2, 0.25) is 5.89 Å². The fourth-order valence-electron chi connectivity index (χ4n) is 3.99. The molecule has 4 aromatic carbocycles. The van der Waals surface area contributed by atoms with E-state index in [0.717, 1.165) is 16.8 Å². The zero-order valence-corrected chi connectivity index (χ0v) is 16.1. The Morgan fingerprint density at radius 2 is 1.34 bits per heavy atom. The molecular weight excluding hydrogens is 380 g/mol. The van der Waals surface area contributed by atoms with Crippen molar-refractivity contribution in [2.24, 2.45) is 0 Å². The highest BCUT2D eigenvalue weighted by Gasteiger charge is 2.13. The molecule has 3 nitrogen and oxygen atoms in total. The first-order valence-corrected chi connectivity index (χ1v) is 9.81. The number of halogens is 1. The van der Waals surface area contributed by atoms with E-state index >= 15 is 0 Å². The van der Waals surface area contributed by atoms with Crippen LogP contribution in [0.15, 0.2) is 95.4 Å². The van der Waals surface area contributed by atoms with Gasteiger partial charge in [-0.15, -0.1) is 0 Å². The SMILES string of the molecule is Clc1cccc2nc(-c3ccc(-n4c5ccccc5c5ccccc54)cc3)oc12. The molecule has 6 aromatic rings. The van der Waals surface area contributed by atoms with Crippen molar-refractivity contribution in [1.29, 1.82) is 0 Å². The van der Waals surface area contributed by atoms with Crippen LogP contribution in [0, 0.1) is 0 Å². The summed E-state index contributed by atoms with van der Waals surface area (Å²) < 4.78 is 8.20. The van der Waals surface area contributed by atoms with Crippen molar-refractivity contribution in [1.82, 2.24) is 9.55 Å². The van der Waals surface area contributed by atoms with Gasteiger partial charge < -0.3 is 8.98 Å². The molecule has 29 heavy (non-hydrogen) atoms. The summed E-state index contributed by atoms with van der Waals surface area (Å²) in [6.07, 6.45) is 0. The van der Waals surface area contributed by atoms with Crippen LogP contribution in [0.2, 0.25) is 5.02 Å². The molecule has 0 spiro atoms. The van der Waals surface area contributed by atoms with Crippen LogP contribution < -0.4 is 0 Å². The van der Waals surface area contributed by atoms with Crippen molar-refractivity contribution in [2.45, 2.75) is 0 Å². The van der Waals surface area contributed by atoms with Gasteiger partial charge in [0.15, 0.2) is 5.58 Å². The standard InChI is InChI=1S/C25H15ClN2O/c26-20-8-5-9-21-24(20)29-25(27-21)16-12-14-17(15-13-16)28-22-10-3-1-6-18(22)19-7-2-4-11-23(19)28/h1-15H. The number of para-hydroxylation sites is 3. The van der Waals surface area contributed by atoms with E-state index in [-0.39, 0.29) is 0 Å². The summed E-state index contributed by atoms with van der Waals surface area (Å²) >= 11 is 6.22. The molecule has 6 rings (SSSR count). The highest BCUT2D eigenvalue weighted by atomic mass is 35.5. The minimum absolute atomic E-state index is 0.571. The van der Waals surface area contributed by atoms with Crippen LogP contribution in [0.3, 0.4) is 0 Å². The number of benzene rings is 4. The predicted octanol–water partition coefficient (Wildman–Crippen LogP) is 7.25. The molecule has 0 radical (unpaired) electrons.